The van der Waals surface area contributed by atoms with Crippen LogP contribution in [0.15, 0.2) is 18.2 Å². The third-order valence-corrected chi connectivity index (χ3v) is 4.38. The summed E-state index contributed by atoms with van der Waals surface area (Å²) in [5.74, 6) is -0.0410. The standard InChI is InChI=1S/C15H21BN2O3/c1-18(2)10-15(6-3-7-15)17-14(19)11-4-5-13-12(8-11)9-21-16(13)20/h4-5,8,20H,3,6-7,9-10H2,1-2H3,(H,17,19). The number of carbonyl (C=O) groups excluding carboxylic acids is 1. The monoisotopic (exact) mass is 288 g/mol. The molecule has 5 nitrogen and oxygen atoms in total. The Balaban J connectivity index is 1.74. The Kier molecular flexibility index (Phi) is 3.77. The maximum Gasteiger partial charge on any atom is 0.491 e. The summed E-state index contributed by atoms with van der Waals surface area (Å²) >= 11 is 0. The summed E-state index contributed by atoms with van der Waals surface area (Å²) in [6.07, 6.45) is 3.23. The molecule has 0 atom stereocenters. The average molecular weight is 288 g/mol. The molecule has 2 aliphatic rings. The molecule has 1 aliphatic heterocycles. The van der Waals surface area contributed by atoms with Crippen molar-refractivity contribution in [1.82, 2.24) is 10.2 Å². The average Bonchev–Trinajstić information content (AvgIpc) is 2.77. The maximum absolute atomic E-state index is 12.5. The van der Waals surface area contributed by atoms with E-state index in [-0.39, 0.29) is 11.4 Å². The summed E-state index contributed by atoms with van der Waals surface area (Å²) < 4.78 is 5.16. The van der Waals surface area contributed by atoms with Crippen molar-refractivity contribution in [2.24, 2.45) is 0 Å². The van der Waals surface area contributed by atoms with Crippen molar-refractivity contribution >= 4 is 18.5 Å². The van der Waals surface area contributed by atoms with Gasteiger partial charge in [-0.25, -0.2) is 0 Å². The van der Waals surface area contributed by atoms with Crippen molar-refractivity contribution < 1.29 is 14.5 Å². The molecule has 0 radical (unpaired) electrons. The Morgan fingerprint density at radius 2 is 2.24 bits per heavy atom. The first-order valence-electron chi connectivity index (χ1n) is 7.39. The molecule has 1 aromatic rings. The maximum atomic E-state index is 12.5. The molecule has 1 aromatic carbocycles. The van der Waals surface area contributed by atoms with Gasteiger partial charge in [0.25, 0.3) is 5.91 Å². The molecule has 0 unspecified atom stereocenters. The van der Waals surface area contributed by atoms with E-state index in [9.17, 15) is 9.82 Å². The van der Waals surface area contributed by atoms with Crippen LogP contribution in [0.1, 0.15) is 35.2 Å². The first-order chi connectivity index (χ1) is 9.99. The quantitative estimate of drug-likeness (QED) is 0.773. The number of nitrogens with one attached hydrogen (secondary N) is 1. The van der Waals surface area contributed by atoms with Gasteiger partial charge in [-0.2, -0.15) is 0 Å². The molecule has 0 saturated heterocycles. The Labute approximate surface area is 125 Å². The molecule has 2 N–H and O–H groups in total. The van der Waals surface area contributed by atoms with Crippen LogP contribution >= 0.6 is 0 Å². The van der Waals surface area contributed by atoms with E-state index in [4.69, 9.17) is 4.65 Å². The van der Waals surface area contributed by atoms with Crippen molar-refractivity contribution in [3.05, 3.63) is 29.3 Å². The molecule has 3 rings (SSSR count). The minimum absolute atomic E-state index is 0.0410. The van der Waals surface area contributed by atoms with Crippen LogP contribution in [0.25, 0.3) is 0 Å². The van der Waals surface area contributed by atoms with E-state index in [1.165, 1.54) is 6.42 Å². The third kappa shape index (κ3) is 2.84. The van der Waals surface area contributed by atoms with Crippen LogP contribution in [-0.2, 0) is 11.3 Å². The highest BCUT2D eigenvalue weighted by Gasteiger charge is 2.39. The first kappa shape index (κ1) is 14.6. The summed E-state index contributed by atoms with van der Waals surface area (Å²) in [7, 11) is 3.20. The minimum atomic E-state index is -0.858. The van der Waals surface area contributed by atoms with Gasteiger partial charge < -0.3 is 19.9 Å². The van der Waals surface area contributed by atoms with Crippen LogP contribution < -0.4 is 10.8 Å². The van der Waals surface area contributed by atoms with Gasteiger partial charge in [0, 0.05) is 12.1 Å². The second-order valence-corrected chi connectivity index (χ2v) is 6.40. The van der Waals surface area contributed by atoms with Crippen LogP contribution in [0.5, 0.6) is 0 Å². The van der Waals surface area contributed by atoms with E-state index < -0.39 is 7.12 Å². The van der Waals surface area contributed by atoms with E-state index in [2.05, 4.69) is 10.2 Å². The van der Waals surface area contributed by atoms with Gasteiger partial charge in [0.1, 0.15) is 0 Å². The summed E-state index contributed by atoms with van der Waals surface area (Å²) in [5, 5.41) is 12.8. The second kappa shape index (κ2) is 5.44. The van der Waals surface area contributed by atoms with Gasteiger partial charge in [-0.3, -0.25) is 4.79 Å². The normalized spacial score (nSPS) is 19.3. The van der Waals surface area contributed by atoms with Crippen LogP contribution in [0, 0.1) is 0 Å². The zero-order valence-electron chi connectivity index (χ0n) is 12.6. The second-order valence-electron chi connectivity index (χ2n) is 6.40. The van der Waals surface area contributed by atoms with E-state index >= 15 is 0 Å². The predicted molar refractivity (Wildman–Crippen MR) is 81.4 cm³/mol. The number of carbonyl (C=O) groups is 1. The lowest BCUT2D eigenvalue weighted by atomic mass is 9.76. The van der Waals surface area contributed by atoms with E-state index in [0.717, 1.165) is 30.4 Å². The Morgan fingerprint density at radius 1 is 1.48 bits per heavy atom. The molecular formula is C15H21BN2O3. The highest BCUT2D eigenvalue weighted by atomic mass is 16.5. The summed E-state index contributed by atoms with van der Waals surface area (Å²) in [4.78, 5) is 14.6. The van der Waals surface area contributed by atoms with Crippen molar-refractivity contribution in [1.29, 1.82) is 0 Å². The number of hydrogen-bond acceptors (Lipinski definition) is 4. The molecule has 1 heterocycles. The topological polar surface area (TPSA) is 61.8 Å². The predicted octanol–water partition coefficient (Wildman–Crippen LogP) is 0.118. The van der Waals surface area contributed by atoms with Gasteiger partial charge in [-0.15, -0.1) is 0 Å². The molecule has 112 valence electrons. The largest absolute Gasteiger partial charge is 0.491 e. The summed E-state index contributed by atoms with van der Waals surface area (Å²) in [5.41, 5.74) is 2.20. The molecular weight excluding hydrogens is 267 g/mol. The van der Waals surface area contributed by atoms with Crippen molar-refractivity contribution in [2.45, 2.75) is 31.4 Å². The molecule has 21 heavy (non-hydrogen) atoms. The molecule has 1 saturated carbocycles. The van der Waals surface area contributed by atoms with Gasteiger partial charge >= 0.3 is 7.12 Å². The first-order valence-corrected chi connectivity index (χ1v) is 7.39. The summed E-state index contributed by atoms with van der Waals surface area (Å²) in [6, 6.07) is 5.36. The van der Waals surface area contributed by atoms with E-state index in [1.54, 1.807) is 12.1 Å². The van der Waals surface area contributed by atoms with Crippen molar-refractivity contribution in [3.8, 4) is 0 Å². The molecule has 1 fully saturated rings. The molecule has 6 heteroatoms. The Bertz CT molecular complexity index is 558. The van der Waals surface area contributed by atoms with Gasteiger partial charge in [-0.05, 0) is 56.5 Å². The fraction of sp³-hybridized carbons (Fsp3) is 0.533. The van der Waals surface area contributed by atoms with Crippen LogP contribution in [0.2, 0.25) is 0 Å². The van der Waals surface area contributed by atoms with Crippen LogP contribution in [-0.4, -0.2) is 49.1 Å². The molecule has 0 bridgehead atoms. The Hall–Kier alpha value is -1.37. The van der Waals surface area contributed by atoms with Crippen molar-refractivity contribution in [2.75, 3.05) is 20.6 Å². The molecule has 1 aliphatic carbocycles. The van der Waals surface area contributed by atoms with Gasteiger partial charge in [-0.1, -0.05) is 6.07 Å². The number of likely N-dealkylation sites (N-methyl/N-ethyl adjacent to an activating group) is 1. The van der Waals surface area contributed by atoms with Gasteiger partial charge in [0.15, 0.2) is 0 Å². The summed E-state index contributed by atoms with van der Waals surface area (Å²) in [6.45, 7) is 1.23. The number of fused-ring (bicyclic) bond motifs is 1. The molecule has 0 aromatic heterocycles. The van der Waals surface area contributed by atoms with E-state index in [0.29, 0.717) is 12.2 Å². The fourth-order valence-electron chi connectivity index (χ4n) is 3.22. The number of hydrogen-bond donors (Lipinski definition) is 2. The lowest BCUT2D eigenvalue weighted by molar-refractivity contribution is 0.0773. The highest BCUT2D eigenvalue weighted by molar-refractivity contribution is 6.61. The minimum Gasteiger partial charge on any atom is -0.423 e. The van der Waals surface area contributed by atoms with E-state index in [1.807, 2.05) is 20.2 Å². The van der Waals surface area contributed by atoms with Crippen molar-refractivity contribution in [3.63, 3.8) is 0 Å². The zero-order valence-corrected chi connectivity index (χ0v) is 12.6. The SMILES string of the molecule is CN(C)CC1(NC(=O)c2ccc3c(c2)COB3O)CCC1. The fourth-order valence-corrected chi connectivity index (χ4v) is 3.22. The van der Waals surface area contributed by atoms with Gasteiger partial charge in [0.05, 0.1) is 12.1 Å². The number of rotatable bonds is 4. The Morgan fingerprint density at radius 3 is 2.86 bits per heavy atom. The number of amides is 1. The smallest absolute Gasteiger partial charge is 0.423 e. The number of nitrogens with zero attached hydrogens (tertiary/aromatic N) is 1. The third-order valence-electron chi connectivity index (χ3n) is 4.38. The highest BCUT2D eigenvalue weighted by Crippen LogP contribution is 2.32. The van der Waals surface area contributed by atoms with Crippen LogP contribution in [0.3, 0.4) is 0 Å². The van der Waals surface area contributed by atoms with Gasteiger partial charge in [0.2, 0.25) is 0 Å². The van der Waals surface area contributed by atoms with Crippen LogP contribution in [0.4, 0.5) is 0 Å². The lowest BCUT2D eigenvalue weighted by Gasteiger charge is -2.44. The lowest BCUT2D eigenvalue weighted by Crippen LogP contribution is -2.58. The number of benzene rings is 1. The zero-order chi connectivity index (χ0) is 15.0. The molecule has 1 amide bonds. The molecule has 0 spiro atoms.